The van der Waals surface area contributed by atoms with Gasteiger partial charge in [-0.15, -0.1) is 0 Å². The Hall–Kier alpha value is -2.15. The van der Waals surface area contributed by atoms with Crippen molar-refractivity contribution < 1.29 is 9.34 Å². The van der Waals surface area contributed by atoms with Gasteiger partial charge in [-0.1, -0.05) is 13.0 Å². The summed E-state index contributed by atoms with van der Waals surface area (Å²) in [6.07, 6.45) is 2.00. The number of aromatic nitrogens is 1. The second kappa shape index (κ2) is 5.69. The first kappa shape index (κ1) is 13.8. The fourth-order valence-corrected chi connectivity index (χ4v) is 2.77. The molecule has 1 aromatic carbocycles. The third-order valence-electron chi connectivity index (χ3n) is 3.77. The van der Waals surface area contributed by atoms with Gasteiger partial charge >= 0.3 is 0 Å². The van der Waals surface area contributed by atoms with Gasteiger partial charge in [-0.2, -0.15) is 4.98 Å². The molecule has 1 aliphatic rings. The molecule has 1 atom stereocenters. The van der Waals surface area contributed by atoms with Crippen molar-refractivity contribution >= 4 is 22.8 Å². The molecule has 0 spiro atoms. The molecule has 0 saturated carbocycles. The monoisotopic (exact) mass is 290 g/mol. The number of non-ortho nitro benzene ring substituents is 1. The van der Waals surface area contributed by atoms with Gasteiger partial charge in [0.25, 0.3) is 11.7 Å². The molecule has 21 heavy (non-hydrogen) atoms. The van der Waals surface area contributed by atoms with Gasteiger partial charge in [-0.25, -0.2) is 0 Å². The molecule has 0 radical (unpaired) electrons. The predicted octanol–water partition coefficient (Wildman–Crippen LogP) is 2.31. The van der Waals surface area contributed by atoms with Crippen LogP contribution in [0.25, 0.3) is 11.1 Å². The number of fused-ring (bicyclic) bond motifs is 1. The summed E-state index contributed by atoms with van der Waals surface area (Å²) in [5.74, 6) is 0. The molecule has 0 bridgehead atoms. The number of nitro groups is 1. The molecule has 3 rings (SSSR count). The first-order valence-electron chi connectivity index (χ1n) is 7.22. The number of para-hydroxylation sites is 1. The van der Waals surface area contributed by atoms with Crippen molar-refractivity contribution in [1.82, 2.24) is 10.3 Å². The molecule has 112 valence electrons. The first-order valence-corrected chi connectivity index (χ1v) is 7.22. The van der Waals surface area contributed by atoms with E-state index in [9.17, 15) is 10.1 Å². The number of nitro benzene ring substituents is 1. The van der Waals surface area contributed by atoms with Gasteiger partial charge in [0, 0.05) is 25.2 Å². The van der Waals surface area contributed by atoms with Crippen LogP contribution in [0.1, 0.15) is 19.8 Å². The maximum absolute atomic E-state index is 11.1. The number of nitrogens with zero attached hydrogens (tertiary/aromatic N) is 3. The van der Waals surface area contributed by atoms with Crippen molar-refractivity contribution in [1.29, 1.82) is 0 Å². The number of oxazole rings is 1. The molecule has 7 heteroatoms. The maximum atomic E-state index is 11.1. The quantitative estimate of drug-likeness (QED) is 0.672. The van der Waals surface area contributed by atoms with Crippen molar-refractivity contribution in [3.8, 4) is 0 Å². The van der Waals surface area contributed by atoms with Crippen LogP contribution in [0.5, 0.6) is 0 Å². The third-order valence-corrected chi connectivity index (χ3v) is 3.77. The number of rotatable bonds is 5. The second-order valence-electron chi connectivity index (χ2n) is 5.22. The second-order valence-corrected chi connectivity index (χ2v) is 5.22. The summed E-state index contributed by atoms with van der Waals surface area (Å²) in [6, 6.07) is 5.61. The van der Waals surface area contributed by atoms with E-state index in [2.05, 4.69) is 22.1 Å². The zero-order chi connectivity index (χ0) is 14.8. The van der Waals surface area contributed by atoms with Crippen molar-refractivity contribution in [3.63, 3.8) is 0 Å². The Morgan fingerprint density at radius 3 is 3.10 bits per heavy atom. The summed E-state index contributed by atoms with van der Waals surface area (Å²) in [4.78, 5) is 17.2. The molecule has 1 saturated heterocycles. The fourth-order valence-electron chi connectivity index (χ4n) is 2.77. The highest BCUT2D eigenvalue weighted by molar-refractivity contribution is 5.84. The number of hydrogen-bond donors (Lipinski definition) is 1. The van der Waals surface area contributed by atoms with Crippen LogP contribution in [-0.4, -0.2) is 35.6 Å². The fraction of sp³-hybridized carbons (Fsp3) is 0.500. The summed E-state index contributed by atoms with van der Waals surface area (Å²) in [5.41, 5.74) is 0.777. The molecule has 0 aliphatic carbocycles. The van der Waals surface area contributed by atoms with E-state index in [1.807, 2.05) is 0 Å². The van der Waals surface area contributed by atoms with Crippen molar-refractivity contribution in [2.24, 2.45) is 0 Å². The lowest BCUT2D eigenvalue weighted by Gasteiger charge is -2.26. The molecule has 7 nitrogen and oxygen atoms in total. The van der Waals surface area contributed by atoms with Crippen LogP contribution in [0.15, 0.2) is 22.6 Å². The lowest BCUT2D eigenvalue weighted by Crippen LogP contribution is -2.37. The lowest BCUT2D eigenvalue weighted by atomic mass is 10.2. The summed E-state index contributed by atoms with van der Waals surface area (Å²) >= 11 is 0. The Morgan fingerprint density at radius 1 is 1.57 bits per heavy atom. The van der Waals surface area contributed by atoms with Gasteiger partial charge in [-0.3, -0.25) is 10.1 Å². The topological polar surface area (TPSA) is 84.4 Å². The van der Waals surface area contributed by atoms with Gasteiger partial charge in [0.15, 0.2) is 11.1 Å². The number of benzene rings is 1. The predicted molar refractivity (Wildman–Crippen MR) is 79.6 cm³/mol. The minimum absolute atomic E-state index is 0.0107. The van der Waals surface area contributed by atoms with Gasteiger partial charge in [0.2, 0.25) is 0 Å². The average molecular weight is 290 g/mol. The highest BCUT2D eigenvalue weighted by atomic mass is 16.6. The summed E-state index contributed by atoms with van der Waals surface area (Å²) < 4.78 is 5.77. The summed E-state index contributed by atoms with van der Waals surface area (Å²) in [7, 11) is 0. The molecular weight excluding hydrogens is 272 g/mol. The molecule has 1 fully saturated rings. The summed E-state index contributed by atoms with van der Waals surface area (Å²) in [5, 5.41) is 14.4. The number of anilines is 1. The van der Waals surface area contributed by atoms with E-state index in [1.54, 1.807) is 12.1 Å². The molecule has 1 aliphatic heterocycles. The minimum atomic E-state index is -0.421. The molecule has 0 amide bonds. The number of nitrogens with one attached hydrogen (secondary N) is 1. The van der Waals surface area contributed by atoms with Crippen molar-refractivity contribution in [2.75, 3.05) is 24.5 Å². The molecule has 2 heterocycles. The zero-order valence-corrected chi connectivity index (χ0v) is 11.9. The SMILES string of the molecule is CCCN(c1nc2c([N+](=O)[O-])cccc2o1)C1CCNC1. The molecule has 2 aromatic rings. The smallest absolute Gasteiger partial charge is 0.298 e. The van der Waals surface area contributed by atoms with E-state index in [1.165, 1.54) is 6.07 Å². The van der Waals surface area contributed by atoms with Crippen molar-refractivity contribution in [3.05, 3.63) is 28.3 Å². The maximum Gasteiger partial charge on any atom is 0.298 e. The van der Waals surface area contributed by atoms with Crippen LogP contribution in [0.4, 0.5) is 11.7 Å². The largest absolute Gasteiger partial charge is 0.423 e. The van der Waals surface area contributed by atoms with Crippen LogP contribution >= 0.6 is 0 Å². The third kappa shape index (κ3) is 2.56. The Bertz CT molecular complexity index is 649. The van der Waals surface area contributed by atoms with Crippen LogP contribution in [-0.2, 0) is 0 Å². The molecule has 1 unspecified atom stereocenters. The lowest BCUT2D eigenvalue weighted by molar-refractivity contribution is -0.383. The van der Waals surface area contributed by atoms with Gasteiger partial charge in [0.05, 0.1) is 4.92 Å². The average Bonchev–Trinajstić information content (AvgIpc) is 3.12. The zero-order valence-electron chi connectivity index (χ0n) is 11.9. The van der Waals surface area contributed by atoms with Gasteiger partial charge in [-0.05, 0) is 25.5 Å². The highest BCUT2D eigenvalue weighted by Crippen LogP contribution is 2.30. The van der Waals surface area contributed by atoms with E-state index in [0.29, 0.717) is 23.2 Å². The summed E-state index contributed by atoms with van der Waals surface area (Å²) in [6.45, 7) is 4.79. The molecule has 1 N–H and O–H groups in total. The van der Waals surface area contributed by atoms with Crippen LogP contribution in [0, 0.1) is 10.1 Å². The first-order chi connectivity index (χ1) is 10.2. The van der Waals surface area contributed by atoms with E-state index in [4.69, 9.17) is 4.42 Å². The molecule has 1 aromatic heterocycles. The van der Waals surface area contributed by atoms with E-state index >= 15 is 0 Å². The van der Waals surface area contributed by atoms with Crippen LogP contribution in [0.3, 0.4) is 0 Å². The van der Waals surface area contributed by atoms with Gasteiger partial charge < -0.3 is 14.6 Å². The molecular formula is C14H18N4O3. The van der Waals surface area contributed by atoms with Crippen molar-refractivity contribution in [2.45, 2.75) is 25.8 Å². The Balaban J connectivity index is 2.01. The Morgan fingerprint density at radius 2 is 2.43 bits per heavy atom. The van der Waals surface area contributed by atoms with E-state index < -0.39 is 4.92 Å². The van der Waals surface area contributed by atoms with E-state index in [0.717, 1.165) is 32.5 Å². The minimum Gasteiger partial charge on any atom is -0.423 e. The van der Waals surface area contributed by atoms with Crippen LogP contribution < -0.4 is 10.2 Å². The van der Waals surface area contributed by atoms with Gasteiger partial charge in [0.1, 0.15) is 0 Å². The normalized spacial score (nSPS) is 18.2. The van der Waals surface area contributed by atoms with Crippen LogP contribution in [0.2, 0.25) is 0 Å². The standard InChI is InChI=1S/C14H18N4O3/c1-2-8-17(10-6-7-15-9-10)14-16-13-11(18(19)20)4-3-5-12(13)21-14/h3-5,10,15H,2,6-9H2,1H3. The highest BCUT2D eigenvalue weighted by Gasteiger charge is 2.27. The Labute approximate surface area is 122 Å². The Kier molecular flexibility index (Phi) is 3.74. The number of hydrogen-bond acceptors (Lipinski definition) is 6. The van der Waals surface area contributed by atoms with E-state index in [-0.39, 0.29) is 5.69 Å².